The number of hydrogen-bond donors (Lipinski definition) is 1. The predicted octanol–water partition coefficient (Wildman–Crippen LogP) is 1.92. The van der Waals surface area contributed by atoms with Gasteiger partial charge in [-0.05, 0) is 19.1 Å². The van der Waals surface area contributed by atoms with Gasteiger partial charge in [-0.1, -0.05) is 16.9 Å². The largest absolute Gasteiger partial charge is 0.361 e. The highest BCUT2D eigenvalue weighted by molar-refractivity contribution is 7.98. The second-order valence-corrected chi connectivity index (χ2v) is 4.88. The fraction of sp³-hybridized carbons (Fsp3) is 0.231. The van der Waals surface area contributed by atoms with Crippen molar-refractivity contribution in [3.05, 3.63) is 41.4 Å². The van der Waals surface area contributed by atoms with Gasteiger partial charge in [0, 0.05) is 18.0 Å². The van der Waals surface area contributed by atoms with Gasteiger partial charge in [-0.25, -0.2) is 4.98 Å². The molecule has 2 aromatic rings. The molecule has 20 heavy (non-hydrogen) atoms. The fourth-order valence-corrected chi connectivity index (χ4v) is 2.39. The van der Waals surface area contributed by atoms with Crippen molar-refractivity contribution in [3.63, 3.8) is 0 Å². The van der Waals surface area contributed by atoms with Crippen molar-refractivity contribution in [1.82, 2.24) is 15.5 Å². The molecule has 0 aliphatic rings. The molecule has 2 aromatic heterocycles. The van der Waals surface area contributed by atoms with Crippen molar-refractivity contribution in [2.75, 3.05) is 6.54 Å². The molecular weight excluding hydrogens is 276 g/mol. The minimum absolute atomic E-state index is 0.0275. The van der Waals surface area contributed by atoms with Crippen LogP contribution in [-0.2, 0) is 5.75 Å². The van der Waals surface area contributed by atoms with Gasteiger partial charge >= 0.3 is 0 Å². The Labute approximate surface area is 120 Å². The fourth-order valence-electron chi connectivity index (χ4n) is 1.52. The highest BCUT2D eigenvalue weighted by Crippen LogP contribution is 2.23. The van der Waals surface area contributed by atoms with E-state index < -0.39 is 0 Å². The average molecular weight is 288 g/mol. The van der Waals surface area contributed by atoms with Gasteiger partial charge in [0.15, 0.2) is 0 Å². The van der Waals surface area contributed by atoms with Gasteiger partial charge in [-0.3, -0.25) is 4.79 Å². The molecule has 0 aliphatic carbocycles. The molecule has 102 valence electrons. The minimum Gasteiger partial charge on any atom is -0.361 e. The van der Waals surface area contributed by atoms with Crippen LogP contribution in [0.1, 0.15) is 21.8 Å². The number of carbonyl (C=O) groups is 1. The number of thioether (sulfide) groups is 1. The van der Waals surface area contributed by atoms with Crippen LogP contribution in [0.3, 0.4) is 0 Å². The lowest BCUT2D eigenvalue weighted by Crippen LogP contribution is -2.24. The topological polar surface area (TPSA) is 91.8 Å². The third-order valence-electron chi connectivity index (χ3n) is 2.38. The van der Waals surface area contributed by atoms with Crippen LogP contribution in [-0.4, -0.2) is 22.6 Å². The van der Waals surface area contributed by atoms with Crippen LogP contribution in [0.2, 0.25) is 0 Å². The Hall–Kier alpha value is -2.33. The van der Waals surface area contributed by atoms with Gasteiger partial charge < -0.3 is 9.84 Å². The third-order valence-corrected chi connectivity index (χ3v) is 3.42. The van der Waals surface area contributed by atoms with Gasteiger partial charge in [0.05, 0.1) is 17.3 Å². The first-order valence-electron chi connectivity index (χ1n) is 5.86. The van der Waals surface area contributed by atoms with E-state index in [9.17, 15) is 4.79 Å². The summed E-state index contributed by atoms with van der Waals surface area (Å²) in [6.45, 7) is 1.79. The molecule has 1 amide bonds. The molecule has 0 fully saturated rings. The molecule has 2 heterocycles. The Kier molecular flexibility index (Phi) is 4.74. The average Bonchev–Trinajstić information content (AvgIpc) is 2.88. The van der Waals surface area contributed by atoms with Crippen LogP contribution in [0.25, 0.3) is 0 Å². The first kappa shape index (κ1) is 14.1. The molecule has 0 saturated heterocycles. The maximum absolute atomic E-state index is 11.9. The first-order chi connectivity index (χ1) is 9.70. The summed E-state index contributed by atoms with van der Waals surface area (Å²) in [7, 11) is 0. The summed E-state index contributed by atoms with van der Waals surface area (Å²) < 4.78 is 4.98. The monoisotopic (exact) mass is 288 g/mol. The summed E-state index contributed by atoms with van der Waals surface area (Å²) in [6.07, 6.45) is 1.62. The Morgan fingerprint density at radius 1 is 1.60 bits per heavy atom. The van der Waals surface area contributed by atoms with Gasteiger partial charge in [-0.2, -0.15) is 5.26 Å². The smallest absolute Gasteiger partial charge is 0.254 e. The first-order valence-corrected chi connectivity index (χ1v) is 6.84. The van der Waals surface area contributed by atoms with Gasteiger partial charge in [0.1, 0.15) is 17.3 Å². The van der Waals surface area contributed by atoms with Crippen molar-refractivity contribution in [1.29, 1.82) is 5.26 Å². The number of rotatable bonds is 5. The maximum atomic E-state index is 11.9. The number of nitrogens with zero attached hydrogens (tertiary/aromatic N) is 3. The normalized spacial score (nSPS) is 10.0. The number of nitriles is 1. The zero-order valence-corrected chi connectivity index (χ0v) is 11.6. The van der Waals surface area contributed by atoms with Crippen molar-refractivity contribution in [3.8, 4) is 6.07 Å². The van der Waals surface area contributed by atoms with Crippen LogP contribution in [0, 0.1) is 18.3 Å². The lowest BCUT2D eigenvalue weighted by Gasteiger charge is -2.06. The third kappa shape index (κ3) is 3.59. The molecular formula is C13H12N4O2S. The number of pyridine rings is 1. The summed E-state index contributed by atoms with van der Waals surface area (Å²) in [6, 6.07) is 7.07. The number of aromatic nitrogens is 2. The highest BCUT2D eigenvalue weighted by Gasteiger charge is 2.13. The lowest BCUT2D eigenvalue weighted by atomic mass is 10.3. The zero-order chi connectivity index (χ0) is 14.4. The van der Waals surface area contributed by atoms with Crippen molar-refractivity contribution in [2.24, 2.45) is 0 Å². The van der Waals surface area contributed by atoms with E-state index in [1.807, 2.05) is 19.1 Å². The van der Waals surface area contributed by atoms with Crippen molar-refractivity contribution < 1.29 is 9.32 Å². The van der Waals surface area contributed by atoms with Crippen LogP contribution in [0.15, 0.2) is 33.9 Å². The summed E-state index contributed by atoms with van der Waals surface area (Å²) >= 11 is 1.40. The molecule has 0 atom stereocenters. The Morgan fingerprint density at radius 2 is 2.45 bits per heavy atom. The predicted molar refractivity (Wildman–Crippen MR) is 73.0 cm³/mol. The molecule has 0 bridgehead atoms. The molecule has 0 saturated carbocycles. The van der Waals surface area contributed by atoms with Crippen LogP contribution in [0.5, 0.6) is 0 Å². The molecule has 0 aliphatic heterocycles. The van der Waals surface area contributed by atoms with E-state index in [0.717, 1.165) is 11.5 Å². The van der Waals surface area contributed by atoms with Crippen LogP contribution in [0.4, 0.5) is 0 Å². The standard InChI is InChI=1S/C13H12N4O2S/c1-9-7-10(17-19-9)8-20-13-11(3-2-5-16-13)12(18)15-6-4-14/h2-3,5,7H,6,8H2,1H3,(H,15,18). The Balaban J connectivity index is 2.08. The second-order valence-electron chi connectivity index (χ2n) is 3.91. The molecule has 1 N–H and O–H groups in total. The lowest BCUT2D eigenvalue weighted by molar-refractivity contribution is 0.0955. The van der Waals surface area contributed by atoms with Crippen LogP contribution < -0.4 is 5.32 Å². The number of nitrogens with one attached hydrogen (secondary N) is 1. The van der Waals surface area contributed by atoms with Crippen molar-refractivity contribution in [2.45, 2.75) is 17.7 Å². The molecule has 6 nitrogen and oxygen atoms in total. The van der Waals surface area contributed by atoms with Gasteiger partial charge in [0.25, 0.3) is 5.91 Å². The summed E-state index contributed by atoms with van der Waals surface area (Å²) in [5, 5.41) is 15.5. The molecule has 0 unspecified atom stereocenters. The number of aryl methyl sites for hydroxylation is 1. The molecule has 0 aromatic carbocycles. The van der Waals surface area contributed by atoms with E-state index in [1.54, 1.807) is 18.3 Å². The van der Waals surface area contributed by atoms with Gasteiger partial charge in [0.2, 0.25) is 0 Å². The van der Waals surface area contributed by atoms with E-state index in [1.165, 1.54) is 11.8 Å². The van der Waals surface area contributed by atoms with E-state index in [4.69, 9.17) is 9.78 Å². The minimum atomic E-state index is -0.307. The Morgan fingerprint density at radius 3 is 3.15 bits per heavy atom. The van der Waals surface area contributed by atoms with Gasteiger partial charge in [-0.15, -0.1) is 0 Å². The van der Waals surface area contributed by atoms with E-state index in [0.29, 0.717) is 16.3 Å². The molecule has 7 heteroatoms. The number of amides is 1. The quantitative estimate of drug-likeness (QED) is 0.667. The highest BCUT2D eigenvalue weighted by atomic mass is 32.2. The van der Waals surface area contributed by atoms with Crippen molar-refractivity contribution >= 4 is 17.7 Å². The van der Waals surface area contributed by atoms with E-state index in [-0.39, 0.29) is 12.5 Å². The Bertz CT molecular complexity index is 648. The number of hydrogen-bond acceptors (Lipinski definition) is 6. The summed E-state index contributed by atoms with van der Waals surface area (Å²) in [5.41, 5.74) is 1.24. The maximum Gasteiger partial charge on any atom is 0.254 e. The zero-order valence-electron chi connectivity index (χ0n) is 10.8. The summed E-state index contributed by atoms with van der Waals surface area (Å²) in [4.78, 5) is 16.1. The molecule has 2 rings (SSSR count). The van der Waals surface area contributed by atoms with Crippen LogP contribution >= 0.6 is 11.8 Å². The number of carbonyl (C=O) groups excluding carboxylic acids is 1. The second kappa shape index (κ2) is 6.73. The van der Waals surface area contributed by atoms with E-state index in [2.05, 4.69) is 15.5 Å². The summed E-state index contributed by atoms with van der Waals surface area (Å²) in [5.74, 6) is 1.000. The SMILES string of the molecule is Cc1cc(CSc2ncccc2C(=O)NCC#N)no1. The molecule has 0 spiro atoms. The molecule has 0 radical (unpaired) electrons. The van der Waals surface area contributed by atoms with E-state index >= 15 is 0 Å².